The van der Waals surface area contributed by atoms with E-state index in [1.54, 1.807) is 18.2 Å². The molecule has 1 aromatic rings. The summed E-state index contributed by atoms with van der Waals surface area (Å²) in [4.78, 5) is 12.0. The first-order valence-corrected chi connectivity index (χ1v) is 4.21. The molecular formula is C7H5NO2S. The van der Waals surface area contributed by atoms with Crippen LogP contribution in [0, 0.1) is 0 Å². The fourth-order valence-electron chi connectivity index (χ4n) is 1.02. The normalized spacial score (nSPS) is 19.1. The Hall–Kier alpha value is -1.16. The van der Waals surface area contributed by atoms with Crippen molar-refractivity contribution in [2.75, 3.05) is 0 Å². The molecule has 0 saturated carbocycles. The van der Waals surface area contributed by atoms with E-state index < -0.39 is 16.7 Å². The molecule has 0 aromatic heterocycles. The van der Waals surface area contributed by atoms with Crippen molar-refractivity contribution in [2.24, 2.45) is 5.73 Å². The fraction of sp³-hybridized carbons (Fsp3) is 0. The lowest BCUT2D eigenvalue weighted by Gasteiger charge is -1.87. The number of rotatable bonds is 1. The molecule has 56 valence electrons. The summed E-state index contributed by atoms with van der Waals surface area (Å²) in [5.74, 6) is -0.507. The molecule has 0 saturated heterocycles. The Balaban J connectivity index is 2.63. The zero-order valence-corrected chi connectivity index (χ0v) is 6.35. The van der Waals surface area contributed by atoms with E-state index in [0.717, 1.165) is 4.90 Å². The molecule has 4 heteroatoms. The van der Waals surface area contributed by atoms with Crippen LogP contribution in [0.4, 0.5) is 0 Å². The molecule has 1 aromatic carbocycles. The van der Waals surface area contributed by atoms with Gasteiger partial charge in [0.25, 0.3) is 0 Å². The van der Waals surface area contributed by atoms with Crippen LogP contribution in [-0.4, -0.2) is 10.1 Å². The third-order valence-electron chi connectivity index (χ3n) is 1.59. The standard InChI is InChI=1S/C7H5NO2S/c8-7(9)4-2-1-3-5-6(4)11(5)10/h1-3H,(H2,8,9). The second kappa shape index (κ2) is 1.92. The van der Waals surface area contributed by atoms with Crippen molar-refractivity contribution in [2.45, 2.75) is 9.79 Å². The van der Waals surface area contributed by atoms with Crippen molar-refractivity contribution >= 4 is 16.7 Å². The highest BCUT2D eigenvalue weighted by atomic mass is 32.2. The molecule has 2 rings (SSSR count). The van der Waals surface area contributed by atoms with Crippen molar-refractivity contribution in [3.8, 4) is 0 Å². The summed E-state index contributed by atoms with van der Waals surface area (Å²) >= 11 is 0. The van der Waals surface area contributed by atoms with Crippen molar-refractivity contribution in [1.29, 1.82) is 0 Å². The zero-order valence-electron chi connectivity index (χ0n) is 5.53. The van der Waals surface area contributed by atoms with Crippen LogP contribution in [0.15, 0.2) is 28.0 Å². The summed E-state index contributed by atoms with van der Waals surface area (Å²) in [7, 11) is -1.05. The minimum Gasteiger partial charge on any atom is -0.366 e. The maximum Gasteiger partial charge on any atom is 0.249 e. The number of amides is 1. The maximum atomic E-state index is 11.0. The van der Waals surface area contributed by atoms with Gasteiger partial charge in [0.05, 0.1) is 26.2 Å². The molecular weight excluding hydrogens is 162 g/mol. The number of nitrogens with two attached hydrogens (primary N) is 1. The largest absolute Gasteiger partial charge is 0.366 e. The molecule has 3 nitrogen and oxygen atoms in total. The SMILES string of the molecule is NC(=O)c1cccc2c1S2=O. The molecule has 0 fully saturated rings. The predicted octanol–water partition coefficient (Wildman–Crippen LogP) is 0.266. The first kappa shape index (κ1) is 6.54. The monoisotopic (exact) mass is 167 g/mol. The van der Waals surface area contributed by atoms with Crippen LogP contribution < -0.4 is 5.73 Å². The molecule has 1 aliphatic heterocycles. The summed E-state index contributed by atoms with van der Waals surface area (Å²) < 4.78 is 11.0. The Bertz CT molecular complexity index is 373. The molecule has 0 spiro atoms. The molecule has 11 heavy (non-hydrogen) atoms. The molecule has 1 amide bonds. The third-order valence-corrected chi connectivity index (χ3v) is 2.93. The van der Waals surface area contributed by atoms with Gasteiger partial charge in [0.2, 0.25) is 5.91 Å². The molecule has 0 aliphatic carbocycles. The van der Waals surface area contributed by atoms with Gasteiger partial charge in [0, 0.05) is 0 Å². The fourth-order valence-corrected chi connectivity index (χ4v) is 2.16. The maximum absolute atomic E-state index is 11.0. The number of primary amides is 1. The van der Waals surface area contributed by atoms with E-state index in [0.29, 0.717) is 10.5 Å². The van der Waals surface area contributed by atoms with E-state index in [-0.39, 0.29) is 0 Å². The van der Waals surface area contributed by atoms with E-state index in [1.807, 2.05) is 0 Å². The predicted molar refractivity (Wildman–Crippen MR) is 39.6 cm³/mol. The highest BCUT2D eigenvalue weighted by Gasteiger charge is 2.33. The van der Waals surface area contributed by atoms with E-state index in [2.05, 4.69) is 0 Å². The average molecular weight is 167 g/mol. The third kappa shape index (κ3) is 0.793. The summed E-state index contributed by atoms with van der Waals surface area (Å²) in [6, 6.07) is 5.01. The second-order valence-corrected chi connectivity index (χ2v) is 3.65. The Morgan fingerprint density at radius 2 is 2.18 bits per heavy atom. The zero-order chi connectivity index (χ0) is 8.01. The van der Waals surface area contributed by atoms with Crippen LogP contribution in [-0.2, 0) is 10.8 Å². The van der Waals surface area contributed by atoms with Crippen LogP contribution >= 0.6 is 0 Å². The van der Waals surface area contributed by atoms with Gasteiger partial charge in [-0.3, -0.25) is 4.79 Å². The quantitative estimate of drug-likeness (QED) is 0.619. The highest BCUT2D eigenvalue weighted by Crippen LogP contribution is 2.37. The lowest BCUT2D eigenvalue weighted by atomic mass is 10.2. The first-order valence-electron chi connectivity index (χ1n) is 3.06. The summed E-state index contributed by atoms with van der Waals surface area (Å²) in [6.45, 7) is 0. The Kier molecular flexibility index (Phi) is 1.14. The Morgan fingerprint density at radius 3 is 2.73 bits per heavy atom. The average Bonchev–Trinajstić information content (AvgIpc) is 2.63. The number of carbonyl (C=O) groups excluding carboxylic acids is 1. The van der Waals surface area contributed by atoms with Crippen LogP contribution in [0.1, 0.15) is 10.4 Å². The summed E-state index contributed by atoms with van der Waals surface area (Å²) in [6.07, 6.45) is 0. The minimum absolute atomic E-state index is 0.390. The van der Waals surface area contributed by atoms with E-state index in [4.69, 9.17) is 5.73 Å². The van der Waals surface area contributed by atoms with Crippen LogP contribution in [0.25, 0.3) is 0 Å². The van der Waals surface area contributed by atoms with Crippen LogP contribution in [0.5, 0.6) is 0 Å². The first-order chi connectivity index (χ1) is 5.22. The molecule has 2 N–H and O–H groups in total. The van der Waals surface area contributed by atoms with Gasteiger partial charge in [0.15, 0.2) is 0 Å². The van der Waals surface area contributed by atoms with Crippen LogP contribution in [0.3, 0.4) is 0 Å². The molecule has 1 heterocycles. The minimum atomic E-state index is -1.05. The van der Waals surface area contributed by atoms with Crippen molar-refractivity contribution < 1.29 is 9.00 Å². The van der Waals surface area contributed by atoms with Gasteiger partial charge < -0.3 is 5.73 Å². The van der Waals surface area contributed by atoms with E-state index in [1.165, 1.54) is 0 Å². The van der Waals surface area contributed by atoms with Gasteiger partial charge in [-0.1, -0.05) is 6.07 Å². The Morgan fingerprint density at radius 1 is 1.45 bits per heavy atom. The molecule has 1 atom stereocenters. The number of benzene rings is 1. The number of fused-ring (bicyclic) bond motifs is 1. The molecule has 0 bridgehead atoms. The number of hydrogen-bond donors (Lipinski definition) is 1. The van der Waals surface area contributed by atoms with Gasteiger partial charge in [0.1, 0.15) is 0 Å². The lowest BCUT2D eigenvalue weighted by Crippen LogP contribution is -2.10. The van der Waals surface area contributed by atoms with Crippen molar-refractivity contribution in [3.05, 3.63) is 23.8 Å². The molecule has 1 unspecified atom stereocenters. The smallest absolute Gasteiger partial charge is 0.249 e. The lowest BCUT2D eigenvalue weighted by molar-refractivity contribution is 0.0997. The van der Waals surface area contributed by atoms with Crippen LogP contribution in [0.2, 0.25) is 0 Å². The summed E-state index contributed by atoms with van der Waals surface area (Å²) in [5, 5.41) is 0. The van der Waals surface area contributed by atoms with Gasteiger partial charge in [-0.25, -0.2) is 4.21 Å². The van der Waals surface area contributed by atoms with E-state index in [9.17, 15) is 9.00 Å². The topological polar surface area (TPSA) is 60.2 Å². The van der Waals surface area contributed by atoms with Gasteiger partial charge in [-0.2, -0.15) is 0 Å². The Labute approximate surface area is 65.7 Å². The van der Waals surface area contributed by atoms with Crippen molar-refractivity contribution in [3.63, 3.8) is 0 Å². The number of carbonyl (C=O) groups is 1. The van der Waals surface area contributed by atoms with Gasteiger partial charge in [-0.15, -0.1) is 0 Å². The van der Waals surface area contributed by atoms with Crippen molar-refractivity contribution in [1.82, 2.24) is 0 Å². The molecule has 0 radical (unpaired) electrons. The second-order valence-electron chi connectivity index (χ2n) is 2.27. The summed E-state index contributed by atoms with van der Waals surface area (Å²) in [5.41, 5.74) is 5.43. The number of hydrogen-bond acceptors (Lipinski definition) is 2. The van der Waals surface area contributed by atoms with Gasteiger partial charge >= 0.3 is 0 Å². The van der Waals surface area contributed by atoms with E-state index >= 15 is 0 Å². The highest BCUT2D eigenvalue weighted by molar-refractivity contribution is 7.91. The van der Waals surface area contributed by atoms with Gasteiger partial charge in [-0.05, 0) is 12.1 Å². The molecule has 1 aliphatic rings.